The lowest BCUT2D eigenvalue weighted by Gasteiger charge is -2.25. The highest BCUT2D eigenvalue weighted by Gasteiger charge is 2.31. The van der Waals surface area contributed by atoms with Gasteiger partial charge in [-0.2, -0.15) is 0 Å². The third-order valence-corrected chi connectivity index (χ3v) is 3.97. The zero-order valence-corrected chi connectivity index (χ0v) is 11.9. The van der Waals surface area contributed by atoms with Gasteiger partial charge in [0.05, 0.1) is 7.11 Å². The van der Waals surface area contributed by atoms with E-state index in [0.717, 1.165) is 24.5 Å². The van der Waals surface area contributed by atoms with Crippen molar-refractivity contribution in [3.63, 3.8) is 0 Å². The molecule has 3 heteroatoms. The number of ether oxygens (including phenoxy) is 1. The van der Waals surface area contributed by atoms with Crippen molar-refractivity contribution in [1.29, 1.82) is 0 Å². The van der Waals surface area contributed by atoms with Crippen molar-refractivity contribution in [3.05, 3.63) is 29.8 Å². The van der Waals surface area contributed by atoms with Gasteiger partial charge in [0.2, 0.25) is 0 Å². The summed E-state index contributed by atoms with van der Waals surface area (Å²) in [7, 11) is 1.69. The number of nitrogens with one attached hydrogen (secondary N) is 1. The van der Waals surface area contributed by atoms with Crippen LogP contribution < -0.4 is 10.1 Å². The topological polar surface area (TPSA) is 41.5 Å². The molecule has 1 aliphatic carbocycles. The Morgan fingerprint density at radius 1 is 1.32 bits per heavy atom. The largest absolute Gasteiger partial charge is 0.497 e. The predicted octanol–water partition coefficient (Wildman–Crippen LogP) is 2.90. The summed E-state index contributed by atoms with van der Waals surface area (Å²) in [6.07, 6.45) is 4.52. The number of hydrogen-bond acceptors (Lipinski definition) is 3. The molecule has 0 saturated heterocycles. The average Bonchev–Trinajstić information content (AvgIpc) is 3.28. The number of aliphatic hydroxyl groups is 1. The molecular formula is C16H25NO2. The highest BCUT2D eigenvalue weighted by Crippen LogP contribution is 2.35. The molecule has 0 aromatic heterocycles. The second-order valence-corrected chi connectivity index (χ2v) is 5.36. The highest BCUT2D eigenvalue weighted by molar-refractivity contribution is 5.29. The maximum absolute atomic E-state index is 9.18. The van der Waals surface area contributed by atoms with E-state index in [4.69, 9.17) is 4.74 Å². The Labute approximate surface area is 116 Å². The first-order valence-electron chi connectivity index (χ1n) is 7.29. The van der Waals surface area contributed by atoms with Gasteiger partial charge in [-0.15, -0.1) is 0 Å². The lowest BCUT2D eigenvalue weighted by atomic mass is 10.0. The second-order valence-electron chi connectivity index (χ2n) is 5.36. The van der Waals surface area contributed by atoms with Crippen LogP contribution in [0.1, 0.15) is 44.2 Å². The fourth-order valence-corrected chi connectivity index (χ4v) is 2.64. The lowest BCUT2D eigenvalue weighted by molar-refractivity contribution is 0.247. The minimum absolute atomic E-state index is 0.271. The van der Waals surface area contributed by atoms with E-state index in [1.807, 2.05) is 12.1 Å². The van der Waals surface area contributed by atoms with Crippen LogP contribution in [0.15, 0.2) is 24.3 Å². The third-order valence-electron chi connectivity index (χ3n) is 3.97. The van der Waals surface area contributed by atoms with Gasteiger partial charge < -0.3 is 15.2 Å². The Hall–Kier alpha value is -1.06. The van der Waals surface area contributed by atoms with E-state index in [2.05, 4.69) is 24.4 Å². The molecule has 1 aromatic rings. The van der Waals surface area contributed by atoms with Crippen LogP contribution in [-0.2, 0) is 0 Å². The van der Waals surface area contributed by atoms with Gasteiger partial charge in [-0.1, -0.05) is 19.1 Å². The molecule has 2 atom stereocenters. The molecular weight excluding hydrogens is 238 g/mol. The summed E-state index contributed by atoms with van der Waals surface area (Å²) in [6, 6.07) is 9.10. The second kappa shape index (κ2) is 6.92. The van der Waals surface area contributed by atoms with Gasteiger partial charge in [0.1, 0.15) is 5.75 Å². The predicted molar refractivity (Wildman–Crippen MR) is 77.4 cm³/mol. The first-order chi connectivity index (χ1) is 9.28. The van der Waals surface area contributed by atoms with Crippen molar-refractivity contribution in [2.24, 2.45) is 5.92 Å². The maximum Gasteiger partial charge on any atom is 0.118 e. The monoisotopic (exact) mass is 263 g/mol. The summed E-state index contributed by atoms with van der Waals surface area (Å²) in [6.45, 7) is 2.47. The quantitative estimate of drug-likeness (QED) is 0.758. The summed E-state index contributed by atoms with van der Waals surface area (Å²) >= 11 is 0. The van der Waals surface area contributed by atoms with Crippen LogP contribution in [0.5, 0.6) is 5.75 Å². The Balaban J connectivity index is 2.00. The number of aliphatic hydroxyl groups excluding tert-OH is 1. The zero-order chi connectivity index (χ0) is 13.7. The maximum atomic E-state index is 9.18. The first kappa shape index (κ1) is 14.4. The molecule has 2 rings (SSSR count). The molecule has 1 aliphatic rings. The zero-order valence-electron chi connectivity index (χ0n) is 11.9. The smallest absolute Gasteiger partial charge is 0.118 e. The van der Waals surface area contributed by atoms with Crippen LogP contribution in [0.25, 0.3) is 0 Å². The van der Waals surface area contributed by atoms with Crippen molar-refractivity contribution >= 4 is 0 Å². The number of rotatable bonds is 8. The summed E-state index contributed by atoms with van der Waals surface area (Å²) < 4.78 is 5.20. The van der Waals surface area contributed by atoms with Crippen LogP contribution in [0, 0.1) is 5.92 Å². The van der Waals surface area contributed by atoms with Crippen LogP contribution in [0.3, 0.4) is 0 Å². The Bertz CT molecular complexity index is 373. The molecule has 1 saturated carbocycles. The number of methoxy groups -OCH3 is 1. The molecule has 2 unspecified atom stereocenters. The van der Waals surface area contributed by atoms with Gasteiger partial charge >= 0.3 is 0 Å². The third kappa shape index (κ3) is 3.95. The normalized spacial score (nSPS) is 18.1. The average molecular weight is 263 g/mol. The Kier molecular flexibility index (Phi) is 5.23. The molecule has 0 heterocycles. The molecule has 19 heavy (non-hydrogen) atoms. The molecule has 106 valence electrons. The van der Waals surface area contributed by atoms with Gasteiger partial charge in [-0.25, -0.2) is 0 Å². The number of benzene rings is 1. The lowest BCUT2D eigenvalue weighted by Crippen LogP contribution is -2.35. The van der Waals surface area contributed by atoms with Crippen molar-refractivity contribution in [2.75, 3.05) is 13.7 Å². The molecule has 1 aromatic carbocycles. The van der Waals surface area contributed by atoms with Crippen molar-refractivity contribution in [2.45, 2.75) is 44.7 Å². The standard InChI is InChI=1S/C16H25NO2/c1-3-15(12-6-8-14(19-2)9-7-12)17-16(10-11-18)13-4-5-13/h6-9,13,15-18H,3-5,10-11H2,1-2H3. The van der Waals surface area contributed by atoms with Crippen LogP contribution >= 0.6 is 0 Å². The molecule has 0 spiro atoms. The van der Waals surface area contributed by atoms with Gasteiger partial charge in [0.25, 0.3) is 0 Å². The van der Waals surface area contributed by atoms with Crippen molar-refractivity contribution < 1.29 is 9.84 Å². The van der Waals surface area contributed by atoms with Crippen molar-refractivity contribution in [1.82, 2.24) is 5.32 Å². The van der Waals surface area contributed by atoms with Crippen molar-refractivity contribution in [3.8, 4) is 5.75 Å². The minimum Gasteiger partial charge on any atom is -0.497 e. The van der Waals surface area contributed by atoms with E-state index in [9.17, 15) is 5.11 Å². The molecule has 0 bridgehead atoms. The van der Waals surface area contributed by atoms with Gasteiger partial charge in [0.15, 0.2) is 0 Å². The molecule has 0 amide bonds. The van der Waals surface area contributed by atoms with E-state index in [1.165, 1.54) is 18.4 Å². The molecule has 3 nitrogen and oxygen atoms in total. The fourth-order valence-electron chi connectivity index (χ4n) is 2.64. The summed E-state index contributed by atoms with van der Waals surface area (Å²) in [5, 5.41) is 12.9. The minimum atomic E-state index is 0.271. The Morgan fingerprint density at radius 2 is 2.00 bits per heavy atom. The van der Waals surface area contributed by atoms with E-state index < -0.39 is 0 Å². The number of hydrogen-bond donors (Lipinski definition) is 2. The van der Waals surface area contributed by atoms with Gasteiger partial charge in [0, 0.05) is 18.7 Å². The summed E-state index contributed by atoms with van der Waals surface area (Å²) in [5.41, 5.74) is 1.30. The fraction of sp³-hybridized carbons (Fsp3) is 0.625. The Morgan fingerprint density at radius 3 is 2.47 bits per heavy atom. The van der Waals surface area contributed by atoms with Gasteiger partial charge in [-0.05, 0) is 49.3 Å². The summed E-state index contributed by atoms with van der Waals surface area (Å²) in [5.74, 6) is 1.66. The molecule has 0 aliphatic heterocycles. The van der Waals surface area contributed by atoms with E-state index in [1.54, 1.807) is 7.11 Å². The van der Waals surface area contributed by atoms with Crippen LogP contribution in [0.4, 0.5) is 0 Å². The van der Waals surface area contributed by atoms with Gasteiger partial charge in [-0.3, -0.25) is 0 Å². The van der Waals surface area contributed by atoms with Crippen LogP contribution in [-0.4, -0.2) is 24.9 Å². The van der Waals surface area contributed by atoms with E-state index >= 15 is 0 Å². The molecule has 0 radical (unpaired) electrons. The highest BCUT2D eigenvalue weighted by atomic mass is 16.5. The molecule has 2 N–H and O–H groups in total. The SMILES string of the molecule is CCC(NC(CCO)C1CC1)c1ccc(OC)cc1. The first-order valence-corrected chi connectivity index (χ1v) is 7.29. The van der Waals surface area contributed by atoms with E-state index in [-0.39, 0.29) is 6.61 Å². The molecule has 1 fully saturated rings. The van der Waals surface area contributed by atoms with E-state index in [0.29, 0.717) is 12.1 Å². The van der Waals surface area contributed by atoms with Crippen LogP contribution in [0.2, 0.25) is 0 Å². The summed E-state index contributed by atoms with van der Waals surface area (Å²) in [4.78, 5) is 0.